The van der Waals surface area contributed by atoms with Crippen molar-refractivity contribution in [3.05, 3.63) is 52.3 Å². The molecular weight excluding hydrogens is 297 g/mol. The van der Waals surface area contributed by atoms with Crippen LogP contribution in [0.1, 0.15) is 18.9 Å². The van der Waals surface area contributed by atoms with Crippen molar-refractivity contribution in [2.45, 2.75) is 20.0 Å². The van der Waals surface area contributed by atoms with Gasteiger partial charge < -0.3 is 9.47 Å². The molecule has 0 radical (unpaired) electrons. The van der Waals surface area contributed by atoms with E-state index in [1.165, 1.54) is 0 Å². The quantitative estimate of drug-likeness (QED) is 0.721. The maximum atomic E-state index is 6.01. The molecule has 0 aliphatic heterocycles. The van der Waals surface area contributed by atoms with E-state index in [0.717, 1.165) is 17.7 Å². The molecule has 20 heavy (non-hydrogen) atoms. The van der Waals surface area contributed by atoms with E-state index < -0.39 is 0 Å². The molecule has 0 fully saturated rings. The normalized spacial score (nSPS) is 10.3. The number of halogens is 2. The minimum absolute atomic E-state index is 0.315. The van der Waals surface area contributed by atoms with E-state index in [2.05, 4.69) is 11.9 Å². The highest BCUT2D eigenvalue weighted by Crippen LogP contribution is 2.28. The lowest BCUT2D eigenvalue weighted by molar-refractivity contribution is 0.261. The van der Waals surface area contributed by atoms with E-state index in [4.69, 9.17) is 32.7 Å². The second-order valence-electron chi connectivity index (χ2n) is 4.17. The first-order valence-corrected chi connectivity index (χ1v) is 7.12. The van der Waals surface area contributed by atoms with Crippen LogP contribution in [-0.2, 0) is 6.61 Å². The van der Waals surface area contributed by atoms with E-state index in [9.17, 15) is 0 Å². The number of para-hydroxylation sites is 2. The van der Waals surface area contributed by atoms with Gasteiger partial charge in [0.15, 0.2) is 11.5 Å². The van der Waals surface area contributed by atoms with E-state index in [-0.39, 0.29) is 0 Å². The fraction of sp³-hybridized carbons (Fsp3) is 0.267. The molecule has 1 aromatic heterocycles. The third kappa shape index (κ3) is 4.02. The zero-order valence-electron chi connectivity index (χ0n) is 11.1. The highest BCUT2D eigenvalue weighted by molar-refractivity contribution is 6.32. The van der Waals surface area contributed by atoms with Gasteiger partial charge in [0.2, 0.25) is 0 Å². The van der Waals surface area contributed by atoms with Crippen molar-refractivity contribution in [2.75, 3.05) is 6.61 Å². The third-order valence-corrected chi connectivity index (χ3v) is 3.12. The molecule has 0 unspecified atom stereocenters. The van der Waals surface area contributed by atoms with Crippen LogP contribution >= 0.6 is 23.2 Å². The van der Waals surface area contributed by atoms with Gasteiger partial charge in [-0.25, -0.2) is 4.98 Å². The number of ether oxygens (including phenoxy) is 2. The summed E-state index contributed by atoms with van der Waals surface area (Å²) in [5.74, 6) is 1.42. The van der Waals surface area contributed by atoms with Crippen LogP contribution in [0.4, 0.5) is 0 Å². The van der Waals surface area contributed by atoms with Crippen LogP contribution in [0.5, 0.6) is 11.5 Å². The molecule has 0 atom stereocenters. The second kappa shape index (κ2) is 7.36. The molecule has 2 rings (SSSR count). The Bertz CT molecular complexity index is 576. The first kappa shape index (κ1) is 14.9. The number of hydrogen-bond donors (Lipinski definition) is 0. The maximum absolute atomic E-state index is 6.01. The summed E-state index contributed by atoms with van der Waals surface area (Å²) in [4.78, 5) is 3.98. The van der Waals surface area contributed by atoms with Crippen LogP contribution in [0.25, 0.3) is 0 Å². The molecule has 1 heterocycles. The van der Waals surface area contributed by atoms with Crippen LogP contribution in [0, 0.1) is 0 Å². The Morgan fingerprint density at radius 2 is 1.70 bits per heavy atom. The molecule has 0 N–H and O–H groups in total. The number of benzene rings is 1. The molecule has 0 saturated carbocycles. The largest absolute Gasteiger partial charge is 0.490 e. The van der Waals surface area contributed by atoms with Gasteiger partial charge in [0.25, 0.3) is 0 Å². The van der Waals surface area contributed by atoms with Crippen molar-refractivity contribution in [3.63, 3.8) is 0 Å². The Balaban J connectivity index is 2.06. The first-order valence-electron chi connectivity index (χ1n) is 6.36. The molecular formula is C15H15Cl2NO2. The molecule has 0 aliphatic rings. The number of hydrogen-bond acceptors (Lipinski definition) is 3. The summed E-state index contributed by atoms with van der Waals surface area (Å²) in [6, 6.07) is 11.0. The van der Waals surface area contributed by atoms with Crippen molar-refractivity contribution >= 4 is 23.2 Å². The standard InChI is InChI=1S/C15H15Cl2NO2/c1-2-9-19-12-5-3-4-6-13(12)20-10-11-7-8-14(16)18-15(11)17/h3-8H,2,9-10H2,1H3. The third-order valence-electron chi connectivity index (χ3n) is 2.59. The van der Waals surface area contributed by atoms with Crippen molar-refractivity contribution in [3.8, 4) is 11.5 Å². The number of nitrogens with zero attached hydrogens (tertiary/aromatic N) is 1. The maximum Gasteiger partial charge on any atom is 0.161 e. The molecule has 3 nitrogen and oxygen atoms in total. The predicted molar refractivity (Wildman–Crippen MR) is 80.8 cm³/mol. The van der Waals surface area contributed by atoms with Gasteiger partial charge in [-0.15, -0.1) is 0 Å². The summed E-state index contributed by atoms with van der Waals surface area (Å²) in [6.45, 7) is 3.03. The fourth-order valence-corrected chi connectivity index (χ4v) is 2.00. The van der Waals surface area contributed by atoms with Crippen LogP contribution in [0.15, 0.2) is 36.4 Å². The lowest BCUT2D eigenvalue weighted by atomic mass is 10.3. The van der Waals surface area contributed by atoms with Crippen molar-refractivity contribution < 1.29 is 9.47 Å². The van der Waals surface area contributed by atoms with Crippen molar-refractivity contribution in [1.82, 2.24) is 4.98 Å². The van der Waals surface area contributed by atoms with Crippen LogP contribution in [0.2, 0.25) is 10.3 Å². The van der Waals surface area contributed by atoms with E-state index in [0.29, 0.717) is 29.3 Å². The Morgan fingerprint density at radius 3 is 2.35 bits per heavy atom. The van der Waals surface area contributed by atoms with Gasteiger partial charge in [-0.05, 0) is 30.7 Å². The zero-order chi connectivity index (χ0) is 14.4. The summed E-state index contributed by atoms with van der Waals surface area (Å²) in [5, 5.41) is 0.717. The SMILES string of the molecule is CCCOc1ccccc1OCc1ccc(Cl)nc1Cl. The van der Waals surface area contributed by atoms with E-state index >= 15 is 0 Å². The molecule has 106 valence electrons. The first-order chi connectivity index (χ1) is 9.70. The fourth-order valence-electron chi connectivity index (χ4n) is 1.60. The van der Waals surface area contributed by atoms with Crippen LogP contribution < -0.4 is 9.47 Å². The Kier molecular flexibility index (Phi) is 5.50. The summed E-state index contributed by atoms with van der Waals surface area (Å²) in [6.07, 6.45) is 0.946. The minimum Gasteiger partial charge on any atom is -0.490 e. The lowest BCUT2D eigenvalue weighted by Gasteiger charge is -2.12. The molecule has 0 bridgehead atoms. The molecule has 0 saturated heterocycles. The Hall–Kier alpha value is -1.45. The average molecular weight is 312 g/mol. The Labute approximate surface area is 128 Å². The topological polar surface area (TPSA) is 31.4 Å². The Morgan fingerprint density at radius 1 is 1.00 bits per heavy atom. The van der Waals surface area contributed by atoms with Gasteiger partial charge >= 0.3 is 0 Å². The lowest BCUT2D eigenvalue weighted by Crippen LogP contribution is -2.01. The van der Waals surface area contributed by atoms with Gasteiger partial charge in [-0.2, -0.15) is 0 Å². The summed E-state index contributed by atoms with van der Waals surface area (Å²) in [5.41, 5.74) is 0.779. The van der Waals surface area contributed by atoms with Crippen molar-refractivity contribution in [2.24, 2.45) is 0 Å². The van der Waals surface area contributed by atoms with Gasteiger partial charge in [0.1, 0.15) is 16.9 Å². The molecule has 5 heteroatoms. The summed E-state index contributed by atoms with van der Waals surface area (Å²) >= 11 is 11.8. The molecule has 0 spiro atoms. The van der Waals surface area contributed by atoms with E-state index in [1.54, 1.807) is 12.1 Å². The van der Waals surface area contributed by atoms with Gasteiger partial charge in [-0.1, -0.05) is 42.3 Å². The average Bonchev–Trinajstić information content (AvgIpc) is 2.45. The van der Waals surface area contributed by atoms with Crippen LogP contribution in [-0.4, -0.2) is 11.6 Å². The van der Waals surface area contributed by atoms with Crippen LogP contribution in [0.3, 0.4) is 0 Å². The molecule has 0 amide bonds. The second-order valence-corrected chi connectivity index (χ2v) is 4.91. The molecule has 2 aromatic rings. The summed E-state index contributed by atoms with van der Waals surface area (Å²) < 4.78 is 11.4. The molecule has 1 aromatic carbocycles. The van der Waals surface area contributed by atoms with Crippen molar-refractivity contribution in [1.29, 1.82) is 0 Å². The predicted octanol–water partition coefficient (Wildman–Crippen LogP) is 4.76. The molecule has 0 aliphatic carbocycles. The number of aromatic nitrogens is 1. The van der Waals surface area contributed by atoms with Gasteiger partial charge in [0, 0.05) is 5.56 Å². The number of rotatable bonds is 6. The monoisotopic (exact) mass is 311 g/mol. The minimum atomic E-state index is 0.315. The smallest absolute Gasteiger partial charge is 0.161 e. The highest BCUT2D eigenvalue weighted by Gasteiger charge is 2.07. The van der Waals surface area contributed by atoms with Gasteiger partial charge in [-0.3, -0.25) is 0 Å². The summed E-state index contributed by atoms with van der Waals surface area (Å²) in [7, 11) is 0. The van der Waals surface area contributed by atoms with E-state index in [1.807, 2.05) is 24.3 Å². The number of pyridine rings is 1. The zero-order valence-corrected chi connectivity index (χ0v) is 12.6. The highest BCUT2D eigenvalue weighted by atomic mass is 35.5. The van der Waals surface area contributed by atoms with Gasteiger partial charge in [0.05, 0.1) is 6.61 Å².